The van der Waals surface area contributed by atoms with Gasteiger partial charge in [0.25, 0.3) is 0 Å². The number of carbonyl (C=O) groups excluding carboxylic acids is 3. The summed E-state index contributed by atoms with van der Waals surface area (Å²) in [5.41, 5.74) is 5.91. The number of esters is 1. The molecule has 1 amide bonds. The van der Waals surface area contributed by atoms with Crippen LogP contribution in [0.4, 0.5) is 0 Å². The third kappa shape index (κ3) is 37.3. The standard InChI is InChI=1S/C22H45N3O3S.C16H32O/c1-19(2)11-8-6-5-7-9-16-28-21(26)13-18-29-17-12-20(23)22(27)24-14-10-15-25(3)4;1-3-5-7-9-10-12-14-16(15-17)13-11-8-6-4-2/h19-20H,5-18,23H2,1-4H3,(H,24,27);15-16H,3-14H2,1-2H3. The van der Waals surface area contributed by atoms with Crippen LogP contribution in [-0.2, 0) is 19.1 Å². The Balaban J connectivity index is 0. The lowest BCUT2D eigenvalue weighted by molar-refractivity contribution is -0.143. The molecule has 274 valence electrons. The molecule has 0 aliphatic carbocycles. The second-order valence-electron chi connectivity index (χ2n) is 13.7. The average Bonchev–Trinajstić information content (AvgIpc) is 3.02. The molecular formula is C38H77N3O4S. The Bertz CT molecular complexity index is 678. The van der Waals surface area contributed by atoms with Crippen LogP contribution in [0.3, 0.4) is 0 Å². The van der Waals surface area contributed by atoms with E-state index in [4.69, 9.17) is 10.5 Å². The van der Waals surface area contributed by atoms with Gasteiger partial charge >= 0.3 is 5.97 Å². The smallest absolute Gasteiger partial charge is 0.306 e. The zero-order valence-corrected chi connectivity index (χ0v) is 32.1. The van der Waals surface area contributed by atoms with Crippen molar-refractivity contribution in [2.75, 3.05) is 45.3 Å². The molecule has 0 aliphatic heterocycles. The van der Waals surface area contributed by atoms with Crippen molar-refractivity contribution in [3.63, 3.8) is 0 Å². The molecule has 0 spiro atoms. The van der Waals surface area contributed by atoms with Crippen LogP contribution in [0.2, 0.25) is 0 Å². The highest BCUT2D eigenvalue weighted by molar-refractivity contribution is 7.99. The Morgan fingerprint density at radius 3 is 1.87 bits per heavy atom. The number of ether oxygens (including phenoxy) is 1. The van der Waals surface area contributed by atoms with Gasteiger partial charge in [0.1, 0.15) is 6.29 Å². The maximum atomic E-state index is 11.9. The van der Waals surface area contributed by atoms with Crippen molar-refractivity contribution in [3.8, 4) is 0 Å². The van der Waals surface area contributed by atoms with Gasteiger partial charge in [0.15, 0.2) is 0 Å². The molecule has 0 fully saturated rings. The van der Waals surface area contributed by atoms with Gasteiger partial charge in [0.05, 0.1) is 19.1 Å². The van der Waals surface area contributed by atoms with Gasteiger partial charge in [0.2, 0.25) is 5.91 Å². The molecule has 8 heteroatoms. The number of hydrogen-bond acceptors (Lipinski definition) is 7. The zero-order chi connectivity index (χ0) is 34.7. The van der Waals surface area contributed by atoms with E-state index in [1.807, 2.05) is 14.1 Å². The van der Waals surface area contributed by atoms with Crippen molar-refractivity contribution in [2.24, 2.45) is 17.6 Å². The van der Waals surface area contributed by atoms with Crippen LogP contribution >= 0.6 is 11.8 Å². The molecule has 0 rings (SSSR count). The third-order valence-corrected chi connectivity index (χ3v) is 9.20. The van der Waals surface area contributed by atoms with E-state index in [-0.39, 0.29) is 11.9 Å². The highest BCUT2D eigenvalue weighted by Crippen LogP contribution is 2.17. The molecule has 7 nitrogen and oxygen atoms in total. The summed E-state index contributed by atoms with van der Waals surface area (Å²) in [6.45, 7) is 11.1. The highest BCUT2D eigenvalue weighted by atomic mass is 32.2. The molecule has 0 saturated carbocycles. The van der Waals surface area contributed by atoms with Crippen molar-refractivity contribution in [1.82, 2.24) is 10.2 Å². The first-order valence-electron chi connectivity index (χ1n) is 19.0. The Morgan fingerprint density at radius 1 is 0.761 bits per heavy atom. The first-order chi connectivity index (χ1) is 22.2. The molecule has 0 aliphatic rings. The summed E-state index contributed by atoms with van der Waals surface area (Å²) >= 11 is 1.65. The minimum atomic E-state index is -0.477. The summed E-state index contributed by atoms with van der Waals surface area (Å²) < 4.78 is 5.28. The van der Waals surface area contributed by atoms with Crippen LogP contribution in [0, 0.1) is 11.8 Å². The number of rotatable bonds is 32. The topological polar surface area (TPSA) is 102 Å². The normalized spacial score (nSPS) is 12.5. The summed E-state index contributed by atoms with van der Waals surface area (Å²) in [7, 11) is 4.02. The molecule has 0 saturated heterocycles. The van der Waals surface area contributed by atoms with Crippen LogP contribution in [0.5, 0.6) is 0 Å². The zero-order valence-electron chi connectivity index (χ0n) is 31.3. The van der Waals surface area contributed by atoms with Crippen molar-refractivity contribution >= 4 is 29.9 Å². The first kappa shape index (κ1) is 47.0. The van der Waals surface area contributed by atoms with Crippen molar-refractivity contribution < 1.29 is 19.1 Å². The Labute approximate surface area is 290 Å². The van der Waals surface area contributed by atoms with Gasteiger partial charge in [-0.25, -0.2) is 0 Å². The van der Waals surface area contributed by atoms with Gasteiger partial charge in [-0.3, -0.25) is 9.59 Å². The fourth-order valence-corrected chi connectivity index (χ4v) is 6.02. The van der Waals surface area contributed by atoms with Crippen LogP contribution in [0.1, 0.15) is 163 Å². The monoisotopic (exact) mass is 672 g/mol. The number of aldehydes is 1. The molecule has 0 aromatic rings. The van der Waals surface area contributed by atoms with E-state index < -0.39 is 6.04 Å². The maximum Gasteiger partial charge on any atom is 0.306 e. The summed E-state index contributed by atoms with van der Waals surface area (Å²) in [5.74, 6) is 2.41. The van der Waals surface area contributed by atoms with E-state index in [0.717, 1.165) is 50.3 Å². The Kier molecular flexibility index (Phi) is 37.5. The van der Waals surface area contributed by atoms with E-state index in [9.17, 15) is 14.4 Å². The number of carbonyl (C=O) groups is 3. The van der Waals surface area contributed by atoms with E-state index in [0.29, 0.717) is 37.7 Å². The van der Waals surface area contributed by atoms with Gasteiger partial charge in [-0.05, 0) is 64.4 Å². The fourth-order valence-electron chi connectivity index (χ4n) is 5.08. The van der Waals surface area contributed by atoms with Crippen LogP contribution in [-0.4, -0.2) is 74.4 Å². The van der Waals surface area contributed by atoms with Crippen LogP contribution in [0.15, 0.2) is 0 Å². The summed E-state index contributed by atoms with van der Waals surface area (Å²) in [6.07, 6.45) is 25.7. The van der Waals surface area contributed by atoms with Crippen molar-refractivity contribution in [3.05, 3.63) is 0 Å². The lowest BCUT2D eigenvalue weighted by Crippen LogP contribution is -2.41. The number of nitrogens with one attached hydrogen (secondary N) is 1. The molecule has 2 atom stereocenters. The van der Waals surface area contributed by atoms with Gasteiger partial charge in [-0.1, -0.05) is 124 Å². The molecule has 0 aromatic heterocycles. The number of nitrogens with zero attached hydrogens (tertiary/aromatic N) is 1. The minimum absolute atomic E-state index is 0.0898. The van der Waals surface area contributed by atoms with E-state index in [1.165, 1.54) is 96.2 Å². The van der Waals surface area contributed by atoms with Crippen molar-refractivity contribution in [1.29, 1.82) is 0 Å². The summed E-state index contributed by atoms with van der Waals surface area (Å²) in [6, 6.07) is -0.477. The molecular weight excluding hydrogens is 595 g/mol. The maximum absolute atomic E-state index is 11.9. The van der Waals surface area contributed by atoms with Gasteiger partial charge in [-0.2, -0.15) is 11.8 Å². The SMILES string of the molecule is CC(C)CCCCCCCOC(=O)CCSCCC(N)C(=O)NCCCN(C)C.CCCCCCCCC(C=O)CCCCCC. The second kappa shape index (κ2) is 36.7. The van der Waals surface area contributed by atoms with Crippen molar-refractivity contribution in [2.45, 2.75) is 169 Å². The molecule has 46 heavy (non-hydrogen) atoms. The van der Waals surface area contributed by atoms with Crippen LogP contribution < -0.4 is 11.1 Å². The molecule has 0 bridgehead atoms. The largest absolute Gasteiger partial charge is 0.466 e. The van der Waals surface area contributed by atoms with E-state index >= 15 is 0 Å². The molecule has 0 aromatic carbocycles. The molecule has 3 N–H and O–H groups in total. The molecule has 0 radical (unpaired) electrons. The summed E-state index contributed by atoms with van der Waals surface area (Å²) in [5, 5.41) is 2.87. The number of unbranched alkanes of at least 4 members (excludes halogenated alkanes) is 12. The number of nitrogens with two attached hydrogens (primary N) is 1. The van der Waals surface area contributed by atoms with Gasteiger partial charge < -0.3 is 25.5 Å². The van der Waals surface area contributed by atoms with Crippen LogP contribution in [0.25, 0.3) is 0 Å². The fraction of sp³-hybridized carbons (Fsp3) is 0.921. The van der Waals surface area contributed by atoms with Gasteiger partial charge in [-0.15, -0.1) is 0 Å². The number of hydrogen-bond donors (Lipinski definition) is 2. The van der Waals surface area contributed by atoms with Gasteiger partial charge in [0, 0.05) is 18.2 Å². The Hall–Kier alpha value is -1.12. The number of amides is 1. The van der Waals surface area contributed by atoms with E-state index in [1.54, 1.807) is 11.8 Å². The highest BCUT2D eigenvalue weighted by Gasteiger charge is 2.13. The average molecular weight is 672 g/mol. The lowest BCUT2D eigenvalue weighted by Gasteiger charge is -2.13. The molecule has 2 unspecified atom stereocenters. The molecule has 0 heterocycles. The first-order valence-corrected chi connectivity index (χ1v) is 20.2. The lowest BCUT2D eigenvalue weighted by atomic mass is 9.95. The third-order valence-electron chi connectivity index (χ3n) is 8.18. The minimum Gasteiger partial charge on any atom is -0.466 e. The Morgan fingerprint density at radius 2 is 1.30 bits per heavy atom. The predicted molar refractivity (Wildman–Crippen MR) is 201 cm³/mol. The van der Waals surface area contributed by atoms with E-state index in [2.05, 4.69) is 37.9 Å². The number of thioether (sulfide) groups is 1. The predicted octanol–water partition coefficient (Wildman–Crippen LogP) is 8.96. The summed E-state index contributed by atoms with van der Waals surface area (Å²) in [4.78, 5) is 36.6. The second-order valence-corrected chi connectivity index (χ2v) is 14.9. The quantitative estimate of drug-likeness (QED) is 0.0418.